The number of hydrogen-bond donors (Lipinski definition) is 2. The lowest BCUT2D eigenvalue weighted by Gasteiger charge is -2.27. The summed E-state index contributed by atoms with van der Waals surface area (Å²) in [5.41, 5.74) is 7.16. The molecule has 1 aromatic carbocycles. The van der Waals surface area contributed by atoms with E-state index in [1.165, 1.54) is 18.4 Å². The number of hydrogen-bond acceptors (Lipinski definition) is 4. The summed E-state index contributed by atoms with van der Waals surface area (Å²) in [6.07, 6.45) is 4.75. The summed E-state index contributed by atoms with van der Waals surface area (Å²) in [7, 11) is 1.68. The van der Waals surface area contributed by atoms with Crippen LogP contribution in [-0.4, -0.2) is 25.3 Å². The number of benzene rings is 1. The van der Waals surface area contributed by atoms with E-state index in [9.17, 15) is 0 Å². The smallest absolute Gasteiger partial charge is 0.161 e. The largest absolute Gasteiger partial charge is 0.493 e. The first kappa shape index (κ1) is 16.1. The first-order valence-corrected chi connectivity index (χ1v) is 7.91. The van der Waals surface area contributed by atoms with Gasteiger partial charge in [0.1, 0.15) is 0 Å². The van der Waals surface area contributed by atoms with Crippen molar-refractivity contribution in [2.24, 2.45) is 5.73 Å². The van der Waals surface area contributed by atoms with Crippen LogP contribution < -0.4 is 20.5 Å². The minimum atomic E-state index is 0.148. The highest BCUT2D eigenvalue weighted by Gasteiger charge is 2.18. The van der Waals surface area contributed by atoms with Gasteiger partial charge >= 0.3 is 0 Å². The lowest BCUT2D eigenvalue weighted by molar-refractivity contribution is 0.230. The topological polar surface area (TPSA) is 56.5 Å². The third-order valence-electron chi connectivity index (χ3n) is 3.96. The van der Waals surface area contributed by atoms with E-state index in [0.29, 0.717) is 12.1 Å². The zero-order chi connectivity index (χ0) is 15.2. The molecule has 118 valence electrons. The molecule has 3 N–H and O–H groups in total. The monoisotopic (exact) mass is 292 g/mol. The predicted octanol–water partition coefficient (Wildman–Crippen LogP) is 2.84. The fourth-order valence-electron chi connectivity index (χ4n) is 2.76. The summed E-state index contributed by atoms with van der Waals surface area (Å²) in [4.78, 5) is 0. The van der Waals surface area contributed by atoms with Gasteiger partial charge in [-0.15, -0.1) is 0 Å². The molecule has 0 bridgehead atoms. The van der Waals surface area contributed by atoms with Crippen LogP contribution in [0.4, 0.5) is 0 Å². The third-order valence-corrected chi connectivity index (χ3v) is 3.96. The molecule has 4 heteroatoms. The minimum Gasteiger partial charge on any atom is -0.493 e. The molecule has 0 atom stereocenters. The van der Waals surface area contributed by atoms with Gasteiger partial charge in [-0.3, -0.25) is 0 Å². The third kappa shape index (κ3) is 4.90. The lowest BCUT2D eigenvalue weighted by atomic mass is 9.92. The maximum atomic E-state index is 5.94. The van der Waals surface area contributed by atoms with E-state index < -0.39 is 0 Å². The number of nitrogens with two attached hydrogens (primary N) is 1. The molecule has 21 heavy (non-hydrogen) atoms. The molecule has 1 aliphatic carbocycles. The molecule has 1 aliphatic rings. The van der Waals surface area contributed by atoms with E-state index in [1.807, 2.05) is 19.9 Å². The van der Waals surface area contributed by atoms with Crippen LogP contribution in [0.5, 0.6) is 11.5 Å². The van der Waals surface area contributed by atoms with Crippen molar-refractivity contribution >= 4 is 0 Å². The summed E-state index contributed by atoms with van der Waals surface area (Å²) in [6, 6.07) is 7.13. The highest BCUT2D eigenvalue weighted by Crippen LogP contribution is 2.29. The number of ether oxygens (including phenoxy) is 2. The molecular formula is C17H28N2O2. The standard InChI is InChI=1S/C17H28N2O2/c1-12(2)21-16-9-4-13(10-17(16)20-3)11-19-15-7-5-14(18)6-8-15/h4,9-10,12,14-15,19H,5-8,11,18H2,1-3H3. The average Bonchev–Trinajstić information content (AvgIpc) is 2.47. The van der Waals surface area contributed by atoms with Crippen molar-refractivity contribution in [1.82, 2.24) is 5.32 Å². The second-order valence-corrected chi connectivity index (χ2v) is 6.14. The SMILES string of the molecule is COc1cc(CNC2CCC(N)CC2)ccc1OC(C)C. The van der Waals surface area contributed by atoms with Gasteiger partial charge in [-0.1, -0.05) is 6.07 Å². The summed E-state index contributed by atoms with van der Waals surface area (Å²) in [5, 5.41) is 3.62. The van der Waals surface area contributed by atoms with Crippen LogP contribution >= 0.6 is 0 Å². The quantitative estimate of drug-likeness (QED) is 0.846. The Labute approximate surface area is 128 Å². The van der Waals surface area contributed by atoms with Crippen molar-refractivity contribution in [3.63, 3.8) is 0 Å². The van der Waals surface area contributed by atoms with Crippen LogP contribution in [0, 0.1) is 0 Å². The summed E-state index contributed by atoms with van der Waals surface area (Å²) < 4.78 is 11.2. The van der Waals surface area contributed by atoms with Gasteiger partial charge in [-0.2, -0.15) is 0 Å². The van der Waals surface area contributed by atoms with E-state index >= 15 is 0 Å². The normalized spacial score (nSPS) is 22.3. The van der Waals surface area contributed by atoms with Crippen LogP contribution in [0.2, 0.25) is 0 Å². The van der Waals surface area contributed by atoms with Crippen molar-refractivity contribution in [3.8, 4) is 11.5 Å². The fraction of sp³-hybridized carbons (Fsp3) is 0.647. The highest BCUT2D eigenvalue weighted by molar-refractivity contribution is 5.43. The maximum Gasteiger partial charge on any atom is 0.161 e. The average molecular weight is 292 g/mol. The Morgan fingerprint density at radius 3 is 2.52 bits per heavy atom. The molecule has 0 heterocycles. The molecular weight excluding hydrogens is 264 g/mol. The van der Waals surface area contributed by atoms with Gasteiger partial charge in [0.05, 0.1) is 13.2 Å². The molecule has 4 nitrogen and oxygen atoms in total. The van der Waals surface area contributed by atoms with Gasteiger partial charge in [0.15, 0.2) is 11.5 Å². The van der Waals surface area contributed by atoms with Gasteiger partial charge in [0.2, 0.25) is 0 Å². The molecule has 0 spiro atoms. The zero-order valence-corrected chi connectivity index (χ0v) is 13.4. The summed E-state index contributed by atoms with van der Waals surface area (Å²) in [6.45, 7) is 4.89. The van der Waals surface area contributed by atoms with Crippen LogP contribution in [0.3, 0.4) is 0 Å². The predicted molar refractivity (Wildman–Crippen MR) is 85.8 cm³/mol. The molecule has 0 aliphatic heterocycles. The van der Waals surface area contributed by atoms with Gasteiger partial charge in [-0.05, 0) is 57.2 Å². The van der Waals surface area contributed by atoms with Crippen molar-refractivity contribution in [2.45, 2.75) is 64.3 Å². The van der Waals surface area contributed by atoms with E-state index in [0.717, 1.165) is 30.9 Å². The van der Waals surface area contributed by atoms with Crippen molar-refractivity contribution in [1.29, 1.82) is 0 Å². The van der Waals surface area contributed by atoms with Gasteiger partial charge < -0.3 is 20.5 Å². The van der Waals surface area contributed by atoms with E-state index in [4.69, 9.17) is 15.2 Å². The first-order valence-electron chi connectivity index (χ1n) is 7.91. The number of rotatable bonds is 6. The molecule has 1 aromatic rings. The Morgan fingerprint density at radius 2 is 1.90 bits per heavy atom. The Balaban J connectivity index is 1.91. The molecule has 1 fully saturated rings. The van der Waals surface area contributed by atoms with Crippen LogP contribution in [0.15, 0.2) is 18.2 Å². The summed E-state index contributed by atoms with van der Waals surface area (Å²) in [5.74, 6) is 1.61. The fourth-order valence-corrected chi connectivity index (χ4v) is 2.76. The van der Waals surface area contributed by atoms with Crippen LogP contribution in [0.25, 0.3) is 0 Å². The maximum absolute atomic E-state index is 5.94. The molecule has 0 radical (unpaired) electrons. The molecule has 0 amide bonds. The number of nitrogens with one attached hydrogen (secondary N) is 1. The van der Waals surface area contributed by atoms with Crippen LogP contribution in [0.1, 0.15) is 45.1 Å². The molecule has 0 aromatic heterocycles. The minimum absolute atomic E-state index is 0.148. The second-order valence-electron chi connectivity index (χ2n) is 6.14. The van der Waals surface area contributed by atoms with E-state index in [-0.39, 0.29) is 6.10 Å². The van der Waals surface area contributed by atoms with Crippen LogP contribution in [-0.2, 0) is 6.54 Å². The molecule has 2 rings (SSSR count). The molecule has 0 unspecified atom stereocenters. The number of methoxy groups -OCH3 is 1. The Bertz CT molecular complexity index is 440. The van der Waals surface area contributed by atoms with Crippen molar-refractivity contribution in [2.75, 3.05) is 7.11 Å². The van der Waals surface area contributed by atoms with E-state index in [1.54, 1.807) is 7.11 Å². The highest BCUT2D eigenvalue weighted by atomic mass is 16.5. The summed E-state index contributed by atoms with van der Waals surface area (Å²) >= 11 is 0. The second kappa shape index (κ2) is 7.66. The van der Waals surface area contributed by atoms with Crippen molar-refractivity contribution < 1.29 is 9.47 Å². The molecule has 0 saturated heterocycles. The lowest BCUT2D eigenvalue weighted by Crippen LogP contribution is -2.37. The Hall–Kier alpha value is -1.26. The Kier molecular flexibility index (Phi) is 5.88. The zero-order valence-electron chi connectivity index (χ0n) is 13.4. The van der Waals surface area contributed by atoms with E-state index in [2.05, 4.69) is 17.4 Å². The Morgan fingerprint density at radius 1 is 1.19 bits per heavy atom. The van der Waals surface area contributed by atoms with Gasteiger partial charge in [-0.25, -0.2) is 0 Å². The van der Waals surface area contributed by atoms with Gasteiger partial charge in [0.25, 0.3) is 0 Å². The van der Waals surface area contributed by atoms with Crippen molar-refractivity contribution in [3.05, 3.63) is 23.8 Å². The van der Waals surface area contributed by atoms with Gasteiger partial charge in [0, 0.05) is 18.6 Å². The first-order chi connectivity index (χ1) is 10.1. The molecule has 1 saturated carbocycles.